The van der Waals surface area contributed by atoms with Crippen LogP contribution in [0.3, 0.4) is 0 Å². The lowest BCUT2D eigenvalue weighted by molar-refractivity contribution is -0.0409. The summed E-state index contributed by atoms with van der Waals surface area (Å²) in [4.78, 5) is 0. The quantitative estimate of drug-likeness (QED) is 0.761. The van der Waals surface area contributed by atoms with Gasteiger partial charge in [0.25, 0.3) is 0 Å². The summed E-state index contributed by atoms with van der Waals surface area (Å²) in [7, 11) is 0. The number of nitrogens with two attached hydrogens (primary N) is 1. The molecule has 0 aliphatic heterocycles. The molecular weight excluding hydrogens is 210 g/mol. The van der Waals surface area contributed by atoms with Crippen molar-refractivity contribution in [1.82, 2.24) is 0 Å². The monoisotopic (exact) mass is 241 g/mol. The SMILES string of the molecule is CCOC(C(N)C1CCCCCC1)C(C)(C)C. The van der Waals surface area contributed by atoms with E-state index in [9.17, 15) is 0 Å². The van der Waals surface area contributed by atoms with Crippen LogP contribution in [0.1, 0.15) is 66.2 Å². The van der Waals surface area contributed by atoms with Crippen molar-refractivity contribution in [2.45, 2.75) is 78.4 Å². The van der Waals surface area contributed by atoms with E-state index < -0.39 is 0 Å². The summed E-state index contributed by atoms with van der Waals surface area (Å²) in [6, 6.07) is 0.202. The summed E-state index contributed by atoms with van der Waals surface area (Å²) in [6.07, 6.45) is 8.25. The van der Waals surface area contributed by atoms with Crippen LogP contribution in [0, 0.1) is 11.3 Å². The summed E-state index contributed by atoms with van der Waals surface area (Å²) in [5.74, 6) is 0.660. The fraction of sp³-hybridized carbons (Fsp3) is 1.00. The smallest absolute Gasteiger partial charge is 0.0776 e. The van der Waals surface area contributed by atoms with E-state index >= 15 is 0 Å². The Morgan fingerprint density at radius 3 is 2.06 bits per heavy atom. The molecule has 17 heavy (non-hydrogen) atoms. The standard InChI is InChI=1S/C15H31NO/c1-5-17-14(15(2,3)4)13(16)12-10-8-6-7-9-11-12/h12-14H,5-11,16H2,1-4H3. The summed E-state index contributed by atoms with van der Waals surface area (Å²) in [6.45, 7) is 9.55. The first-order chi connectivity index (χ1) is 7.96. The van der Waals surface area contributed by atoms with Crippen molar-refractivity contribution >= 4 is 0 Å². The van der Waals surface area contributed by atoms with Gasteiger partial charge in [0.15, 0.2) is 0 Å². The van der Waals surface area contributed by atoms with Crippen molar-refractivity contribution in [2.75, 3.05) is 6.61 Å². The zero-order chi connectivity index (χ0) is 12.9. The Kier molecular flexibility index (Phi) is 5.94. The van der Waals surface area contributed by atoms with Gasteiger partial charge in [0, 0.05) is 12.6 Å². The summed E-state index contributed by atoms with van der Waals surface area (Å²) in [5, 5.41) is 0. The van der Waals surface area contributed by atoms with Gasteiger partial charge in [-0.1, -0.05) is 46.5 Å². The molecule has 102 valence electrons. The zero-order valence-electron chi connectivity index (χ0n) is 12.2. The second kappa shape index (κ2) is 6.75. The molecule has 2 unspecified atom stereocenters. The Bertz CT molecular complexity index is 201. The van der Waals surface area contributed by atoms with E-state index in [-0.39, 0.29) is 17.6 Å². The molecule has 0 saturated heterocycles. The first-order valence-corrected chi connectivity index (χ1v) is 7.34. The fourth-order valence-electron chi connectivity index (χ4n) is 3.06. The van der Waals surface area contributed by atoms with Gasteiger partial charge >= 0.3 is 0 Å². The van der Waals surface area contributed by atoms with E-state index in [1.807, 2.05) is 0 Å². The predicted molar refractivity (Wildman–Crippen MR) is 74.0 cm³/mol. The third-order valence-electron chi connectivity index (χ3n) is 3.99. The van der Waals surface area contributed by atoms with Crippen molar-refractivity contribution < 1.29 is 4.74 Å². The lowest BCUT2D eigenvalue weighted by Gasteiger charge is -2.38. The maximum atomic E-state index is 6.51. The molecule has 0 amide bonds. The molecule has 2 heteroatoms. The van der Waals surface area contributed by atoms with Crippen LogP contribution in [-0.4, -0.2) is 18.8 Å². The Morgan fingerprint density at radius 2 is 1.65 bits per heavy atom. The number of rotatable bonds is 4. The second-order valence-corrected chi connectivity index (χ2v) is 6.57. The minimum atomic E-state index is 0.141. The van der Waals surface area contributed by atoms with Crippen LogP contribution in [0.4, 0.5) is 0 Å². The predicted octanol–water partition coefficient (Wildman–Crippen LogP) is 3.74. The highest BCUT2D eigenvalue weighted by atomic mass is 16.5. The van der Waals surface area contributed by atoms with Gasteiger partial charge in [-0.05, 0) is 31.1 Å². The van der Waals surface area contributed by atoms with Crippen LogP contribution < -0.4 is 5.73 Å². The molecule has 1 saturated carbocycles. The molecule has 0 aromatic rings. The third-order valence-corrected chi connectivity index (χ3v) is 3.99. The Labute approximate surface area is 107 Å². The van der Waals surface area contributed by atoms with Crippen molar-refractivity contribution in [1.29, 1.82) is 0 Å². The fourth-order valence-corrected chi connectivity index (χ4v) is 3.06. The molecule has 1 aliphatic carbocycles. The van der Waals surface area contributed by atoms with Crippen LogP contribution in [0.15, 0.2) is 0 Å². The van der Waals surface area contributed by atoms with Gasteiger partial charge in [0.1, 0.15) is 0 Å². The molecule has 1 aliphatic rings. The summed E-state index contributed by atoms with van der Waals surface area (Å²) >= 11 is 0. The maximum Gasteiger partial charge on any atom is 0.0776 e. The van der Waals surface area contributed by atoms with E-state index in [2.05, 4.69) is 27.7 Å². The van der Waals surface area contributed by atoms with Crippen molar-refractivity contribution in [3.05, 3.63) is 0 Å². The minimum absolute atomic E-state index is 0.141. The van der Waals surface area contributed by atoms with Gasteiger partial charge in [0.2, 0.25) is 0 Å². The van der Waals surface area contributed by atoms with Gasteiger partial charge in [-0.2, -0.15) is 0 Å². The van der Waals surface area contributed by atoms with Crippen LogP contribution in [-0.2, 0) is 4.74 Å². The lowest BCUT2D eigenvalue weighted by Crippen LogP contribution is -2.49. The lowest BCUT2D eigenvalue weighted by atomic mass is 9.78. The summed E-state index contributed by atoms with van der Waals surface area (Å²) in [5.41, 5.74) is 6.65. The molecule has 2 nitrogen and oxygen atoms in total. The molecule has 2 N–H and O–H groups in total. The normalized spacial score (nSPS) is 23.1. The van der Waals surface area contributed by atoms with Gasteiger partial charge in [-0.15, -0.1) is 0 Å². The molecule has 1 fully saturated rings. The average Bonchev–Trinajstić information content (AvgIpc) is 2.51. The van der Waals surface area contributed by atoms with Crippen molar-refractivity contribution in [2.24, 2.45) is 17.1 Å². The zero-order valence-corrected chi connectivity index (χ0v) is 12.2. The molecule has 0 aromatic heterocycles. The van der Waals surface area contributed by atoms with E-state index in [1.54, 1.807) is 0 Å². The largest absolute Gasteiger partial charge is 0.376 e. The average molecular weight is 241 g/mol. The summed E-state index contributed by atoms with van der Waals surface area (Å²) < 4.78 is 5.94. The molecular formula is C15H31NO. The Balaban J connectivity index is 2.65. The molecule has 0 bridgehead atoms. The Morgan fingerprint density at radius 1 is 1.12 bits per heavy atom. The Hall–Kier alpha value is -0.0800. The highest BCUT2D eigenvalue weighted by Crippen LogP contribution is 2.32. The third kappa shape index (κ3) is 4.59. The van der Waals surface area contributed by atoms with Gasteiger partial charge < -0.3 is 10.5 Å². The highest BCUT2D eigenvalue weighted by molar-refractivity contribution is 4.89. The molecule has 1 rings (SSSR count). The first-order valence-electron chi connectivity index (χ1n) is 7.34. The van der Waals surface area contributed by atoms with E-state index in [1.165, 1.54) is 38.5 Å². The van der Waals surface area contributed by atoms with Crippen LogP contribution in [0.25, 0.3) is 0 Å². The van der Waals surface area contributed by atoms with Crippen LogP contribution in [0.5, 0.6) is 0 Å². The molecule has 0 aromatic carbocycles. The maximum absolute atomic E-state index is 6.51. The van der Waals surface area contributed by atoms with Crippen LogP contribution in [0.2, 0.25) is 0 Å². The molecule has 0 heterocycles. The van der Waals surface area contributed by atoms with Gasteiger partial charge in [-0.25, -0.2) is 0 Å². The van der Waals surface area contributed by atoms with Gasteiger partial charge in [0.05, 0.1) is 6.10 Å². The van der Waals surface area contributed by atoms with Crippen LogP contribution >= 0.6 is 0 Å². The van der Waals surface area contributed by atoms with Crippen molar-refractivity contribution in [3.8, 4) is 0 Å². The van der Waals surface area contributed by atoms with E-state index in [4.69, 9.17) is 10.5 Å². The first kappa shape index (κ1) is 15.0. The van der Waals surface area contributed by atoms with Gasteiger partial charge in [-0.3, -0.25) is 0 Å². The van der Waals surface area contributed by atoms with Crippen molar-refractivity contribution in [3.63, 3.8) is 0 Å². The number of hydrogen-bond donors (Lipinski definition) is 1. The number of hydrogen-bond acceptors (Lipinski definition) is 2. The molecule has 0 radical (unpaired) electrons. The topological polar surface area (TPSA) is 35.2 Å². The number of ether oxygens (including phenoxy) is 1. The van der Waals surface area contributed by atoms with E-state index in [0.717, 1.165) is 6.61 Å². The molecule has 2 atom stereocenters. The molecule has 0 spiro atoms. The minimum Gasteiger partial charge on any atom is -0.376 e. The highest BCUT2D eigenvalue weighted by Gasteiger charge is 2.35. The second-order valence-electron chi connectivity index (χ2n) is 6.57. The van der Waals surface area contributed by atoms with E-state index in [0.29, 0.717) is 5.92 Å².